The second kappa shape index (κ2) is 10.2. The van der Waals surface area contributed by atoms with E-state index in [1.807, 2.05) is 19.9 Å². The summed E-state index contributed by atoms with van der Waals surface area (Å²) < 4.78 is 5.38. The molecule has 1 fully saturated rings. The summed E-state index contributed by atoms with van der Waals surface area (Å²) in [5, 5.41) is 26.0. The maximum Gasteiger partial charge on any atom is 0.404 e. The van der Waals surface area contributed by atoms with E-state index in [1.54, 1.807) is 42.3 Å². The summed E-state index contributed by atoms with van der Waals surface area (Å²) in [6.45, 7) is 3.85. The van der Waals surface area contributed by atoms with Crippen LogP contribution in [0.4, 0.5) is 10.5 Å². The molecule has 6 N–H and O–H groups in total. The fourth-order valence-electron chi connectivity index (χ4n) is 6.12. The first-order valence-corrected chi connectivity index (χ1v) is 13.0. The number of benzene rings is 2. The summed E-state index contributed by atoms with van der Waals surface area (Å²) in [5.41, 5.74) is 7.38. The molecule has 0 saturated carbocycles. The van der Waals surface area contributed by atoms with Gasteiger partial charge >= 0.3 is 12.1 Å². The second-order valence-corrected chi connectivity index (χ2v) is 10.2. The molecule has 3 heterocycles. The molecule has 12 nitrogen and oxygen atoms in total. The second-order valence-electron chi connectivity index (χ2n) is 10.2. The van der Waals surface area contributed by atoms with E-state index in [0.29, 0.717) is 28.9 Å². The Bertz CT molecular complexity index is 1410. The number of fused-ring (bicyclic) bond motifs is 3. The van der Waals surface area contributed by atoms with Gasteiger partial charge in [-0.2, -0.15) is 0 Å². The Labute approximate surface area is 230 Å². The number of nitrogens with two attached hydrogens (primary N) is 1. The summed E-state index contributed by atoms with van der Waals surface area (Å²) in [4.78, 5) is 55.3. The van der Waals surface area contributed by atoms with Crippen LogP contribution in [0.2, 0.25) is 0 Å². The van der Waals surface area contributed by atoms with E-state index >= 15 is 0 Å². The number of carbonyl (C=O) groups is 4. The van der Waals surface area contributed by atoms with Crippen LogP contribution in [0.15, 0.2) is 54.2 Å². The molecule has 40 heavy (non-hydrogen) atoms. The van der Waals surface area contributed by atoms with Crippen molar-refractivity contribution in [2.75, 3.05) is 11.9 Å². The monoisotopic (exact) mass is 549 g/mol. The van der Waals surface area contributed by atoms with E-state index in [-0.39, 0.29) is 17.4 Å². The number of phenols is 1. The highest BCUT2D eigenvalue weighted by atomic mass is 16.6. The largest absolute Gasteiger partial charge is 0.508 e. The normalized spacial score (nSPS) is 24.3. The zero-order chi connectivity index (χ0) is 28.9. The lowest BCUT2D eigenvalue weighted by Gasteiger charge is -2.42. The van der Waals surface area contributed by atoms with Crippen LogP contribution in [-0.4, -0.2) is 70.4 Å². The number of carboxylic acids is 1. The molecular weight excluding hydrogens is 518 g/mol. The Kier molecular flexibility index (Phi) is 6.88. The number of primary amides is 1. The van der Waals surface area contributed by atoms with Crippen molar-refractivity contribution in [2.24, 2.45) is 11.7 Å². The third-order valence-corrected chi connectivity index (χ3v) is 8.02. The van der Waals surface area contributed by atoms with Crippen molar-refractivity contribution in [1.29, 1.82) is 0 Å². The molecule has 6 atom stereocenters. The van der Waals surface area contributed by atoms with Crippen LogP contribution in [-0.2, 0) is 19.1 Å². The van der Waals surface area contributed by atoms with Crippen LogP contribution in [0.1, 0.15) is 37.3 Å². The number of para-hydroxylation sites is 1. The summed E-state index contributed by atoms with van der Waals surface area (Å²) in [6.07, 6.45) is -2.63. The zero-order valence-corrected chi connectivity index (χ0v) is 22.2. The highest BCUT2D eigenvalue weighted by Gasteiger charge is 2.65. The molecule has 0 bridgehead atoms. The molecule has 0 radical (unpaired) electrons. The fraction of sp³-hybridized carbons (Fsp3) is 0.357. The number of nitrogens with zero attached hydrogens (tertiary/aromatic N) is 2. The molecule has 12 heteroatoms. The Morgan fingerprint density at radius 2 is 1.80 bits per heavy atom. The number of ether oxygens (including phenoxy) is 1. The van der Waals surface area contributed by atoms with Gasteiger partial charge < -0.3 is 36.2 Å². The van der Waals surface area contributed by atoms with E-state index in [0.717, 1.165) is 4.90 Å². The minimum Gasteiger partial charge on any atom is -0.508 e. The molecule has 5 rings (SSSR count). The summed E-state index contributed by atoms with van der Waals surface area (Å²) in [5.74, 6) is -3.38. The molecule has 0 spiro atoms. The number of carbonyl (C=O) groups excluding carboxylic acids is 3. The number of phenolic OH excluding ortho intramolecular Hbond substituents is 1. The van der Waals surface area contributed by atoms with Gasteiger partial charge in [-0.05, 0) is 48.9 Å². The first-order chi connectivity index (χ1) is 19.1. The number of amides is 3. The average Bonchev–Trinajstić information content (AvgIpc) is 3.42. The Morgan fingerprint density at radius 3 is 2.40 bits per heavy atom. The van der Waals surface area contributed by atoms with Crippen LogP contribution in [0.5, 0.6) is 5.75 Å². The number of hydrogen-bond donors (Lipinski definition) is 5. The molecule has 1 saturated heterocycles. The van der Waals surface area contributed by atoms with Crippen molar-refractivity contribution in [2.45, 2.75) is 50.5 Å². The third kappa shape index (κ3) is 4.11. The number of hydrogen-bond acceptors (Lipinski definition) is 8. The molecule has 3 amide bonds. The highest BCUT2D eigenvalue weighted by molar-refractivity contribution is 6.11. The highest BCUT2D eigenvalue weighted by Crippen LogP contribution is 2.56. The average molecular weight is 550 g/mol. The standard InChI is InChI=1S/C28H31N5O7/c1-4-13(2)19(30-3)24(35)31-20-21(14-9-11-15(34)12-10-14)32-17-8-6-5-7-16(17)18-23(40-28(29)39)22(27(37)38)33(25(18)32)26(20)36/h5-13,18-19,22-23,25,30,34H,4H2,1-3H3,(H2,29,39)(H,31,35)(H,37,38). The maximum atomic E-state index is 14.3. The van der Waals surface area contributed by atoms with Crippen LogP contribution < -0.4 is 21.3 Å². The molecule has 0 aliphatic carbocycles. The van der Waals surface area contributed by atoms with Crippen molar-refractivity contribution in [1.82, 2.24) is 15.5 Å². The molecule has 0 aromatic heterocycles. The summed E-state index contributed by atoms with van der Waals surface area (Å²) in [6, 6.07) is 11.1. The van der Waals surface area contributed by atoms with Gasteiger partial charge in [-0.1, -0.05) is 38.5 Å². The quantitative estimate of drug-likeness (QED) is 0.327. The summed E-state index contributed by atoms with van der Waals surface area (Å²) >= 11 is 0. The van der Waals surface area contributed by atoms with Crippen molar-refractivity contribution < 1.29 is 34.1 Å². The van der Waals surface area contributed by atoms with Crippen LogP contribution in [0.25, 0.3) is 5.70 Å². The number of aliphatic carboxylic acids is 1. The van der Waals surface area contributed by atoms with Crippen molar-refractivity contribution in [3.63, 3.8) is 0 Å². The van der Waals surface area contributed by atoms with Gasteiger partial charge in [0, 0.05) is 11.3 Å². The topological polar surface area (TPSA) is 175 Å². The van der Waals surface area contributed by atoms with Gasteiger partial charge in [0.05, 0.1) is 17.7 Å². The van der Waals surface area contributed by atoms with E-state index in [2.05, 4.69) is 10.6 Å². The number of likely N-dealkylation sites (N-methyl/N-ethyl adjacent to an activating group) is 1. The van der Waals surface area contributed by atoms with Crippen LogP contribution >= 0.6 is 0 Å². The van der Waals surface area contributed by atoms with E-state index in [9.17, 15) is 29.4 Å². The smallest absolute Gasteiger partial charge is 0.404 e. The predicted octanol–water partition coefficient (Wildman–Crippen LogP) is 1.51. The fourth-order valence-corrected chi connectivity index (χ4v) is 6.12. The van der Waals surface area contributed by atoms with Crippen molar-refractivity contribution in [3.8, 4) is 5.75 Å². The Balaban J connectivity index is 1.76. The maximum absolute atomic E-state index is 14.3. The number of nitrogens with one attached hydrogen (secondary N) is 2. The number of rotatable bonds is 8. The van der Waals surface area contributed by atoms with Gasteiger partial charge in [0.15, 0.2) is 6.04 Å². The first-order valence-electron chi connectivity index (χ1n) is 13.0. The van der Waals surface area contributed by atoms with E-state index in [4.69, 9.17) is 10.5 Å². The Morgan fingerprint density at radius 1 is 1.12 bits per heavy atom. The van der Waals surface area contributed by atoms with Crippen LogP contribution in [0.3, 0.4) is 0 Å². The SMILES string of the molecule is CCC(C)C(NC)C(=O)NC1=C(c2ccc(O)cc2)N2c3ccccc3C3C(OC(N)=O)C(C(=O)O)N(C1=O)C32. The molecular formula is C28H31N5O7. The van der Waals surface area contributed by atoms with Gasteiger partial charge in [0.2, 0.25) is 5.91 Å². The molecule has 3 aliphatic heterocycles. The summed E-state index contributed by atoms with van der Waals surface area (Å²) in [7, 11) is 1.65. The molecule has 6 unspecified atom stereocenters. The molecule has 3 aliphatic rings. The minimum absolute atomic E-state index is 0.00661. The van der Waals surface area contributed by atoms with E-state index < -0.39 is 54.1 Å². The van der Waals surface area contributed by atoms with Gasteiger partial charge in [0.25, 0.3) is 5.91 Å². The van der Waals surface area contributed by atoms with Gasteiger partial charge in [0.1, 0.15) is 23.7 Å². The molecule has 210 valence electrons. The molecule has 2 aromatic rings. The van der Waals surface area contributed by atoms with Gasteiger partial charge in [-0.3, -0.25) is 14.5 Å². The number of anilines is 1. The van der Waals surface area contributed by atoms with Gasteiger partial charge in [-0.25, -0.2) is 9.59 Å². The Hall–Kier alpha value is -4.58. The predicted molar refractivity (Wildman–Crippen MR) is 144 cm³/mol. The van der Waals surface area contributed by atoms with Crippen molar-refractivity contribution >= 4 is 35.3 Å². The lowest BCUT2D eigenvalue weighted by molar-refractivity contribution is -0.151. The van der Waals surface area contributed by atoms with Crippen LogP contribution in [0, 0.1) is 5.92 Å². The number of carboxylic acid groups (broad SMARTS) is 1. The van der Waals surface area contributed by atoms with E-state index in [1.165, 1.54) is 12.1 Å². The van der Waals surface area contributed by atoms with Crippen molar-refractivity contribution in [3.05, 3.63) is 65.4 Å². The first kappa shape index (κ1) is 27.0. The number of aromatic hydroxyl groups is 1. The lowest BCUT2D eigenvalue weighted by Crippen LogP contribution is -2.59. The zero-order valence-electron chi connectivity index (χ0n) is 22.2. The minimum atomic E-state index is -1.56. The molecule has 2 aromatic carbocycles. The lowest BCUT2D eigenvalue weighted by atomic mass is 9.93. The van der Waals surface area contributed by atoms with Gasteiger partial charge in [-0.15, -0.1) is 0 Å². The third-order valence-electron chi connectivity index (χ3n) is 8.02.